The van der Waals surface area contributed by atoms with E-state index in [9.17, 15) is 0 Å². The molecular formula is C10H20N4. The van der Waals surface area contributed by atoms with Crippen molar-refractivity contribution in [3.8, 4) is 0 Å². The fourth-order valence-corrected chi connectivity index (χ4v) is 1.31. The van der Waals surface area contributed by atoms with Gasteiger partial charge in [0.2, 0.25) is 0 Å². The third-order valence-electron chi connectivity index (χ3n) is 1.86. The molecule has 0 radical (unpaired) electrons. The first-order valence-electron chi connectivity index (χ1n) is 4.98. The summed E-state index contributed by atoms with van der Waals surface area (Å²) in [5, 5.41) is 11.8. The topological polar surface area (TPSA) is 43.6 Å². The zero-order valence-electron chi connectivity index (χ0n) is 10.00. The van der Waals surface area contributed by atoms with Gasteiger partial charge in [-0.2, -0.15) is 0 Å². The Bertz CT molecular complexity index is 301. The summed E-state index contributed by atoms with van der Waals surface area (Å²) in [6, 6.07) is 0. The number of tetrazole rings is 1. The standard InChI is InChI=1S/C10H20N4/c1-9(2,3)7-8-11-12-13-14(8)10(4,5)6/h7H2,1-6H3. The number of aromatic nitrogens is 4. The van der Waals surface area contributed by atoms with Crippen molar-refractivity contribution in [1.82, 2.24) is 20.2 Å². The predicted molar refractivity (Wildman–Crippen MR) is 56.0 cm³/mol. The highest BCUT2D eigenvalue weighted by Crippen LogP contribution is 2.21. The molecule has 0 saturated heterocycles. The Balaban J connectivity index is 2.95. The van der Waals surface area contributed by atoms with Crippen molar-refractivity contribution in [1.29, 1.82) is 0 Å². The fraction of sp³-hybridized carbons (Fsp3) is 0.900. The van der Waals surface area contributed by atoms with Gasteiger partial charge in [-0.3, -0.25) is 0 Å². The van der Waals surface area contributed by atoms with E-state index in [4.69, 9.17) is 0 Å². The Morgan fingerprint density at radius 3 is 2.07 bits per heavy atom. The highest BCUT2D eigenvalue weighted by molar-refractivity contribution is 4.90. The van der Waals surface area contributed by atoms with E-state index in [-0.39, 0.29) is 11.0 Å². The molecule has 0 aliphatic heterocycles. The van der Waals surface area contributed by atoms with Crippen LogP contribution in [0.3, 0.4) is 0 Å². The maximum Gasteiger partial charge on any atom is 0.152 e. The Labute approximate surface area is 85.7 Å². The van der Waals surface area contributed by atoms with Gasteiger partial charge in [0, 0.05) is 6.42 Å². The summed E-state index contributed by atoms with van der Waals surface area (Å²) in [6.07, 6.45) is 0.900. The Kier molecular flexibility index (Phi) is 2.65. The molecule has 0 N–H and O–H groups in total. The van der Waals surface area contributed by atoms with Crippen LogP contribution in [0.1, 0.15) is 47.4 Å². The average Bonchev–Trinajstić information content (AvgIpc) is 2.29. The monoisotopic (exact) mass is 196 g/mol. The normalized spacial score (nSPS) is 13.3. The van der Waals surface area contributed by atoms with Crippen molar-refractivity contribution in [2.45, 2.75) is 53.5 Å². The van der Waals surface area contributed by atoms with E-state index in [0.717, 1.165) is 12.2 Å². The summed E-state index contributed by atoms with van der Waals surface area (Å²) in [5.41, 5.74) is 0.182. The molecule has 0 spiro atoms. The lowest BCUT2D eigenvalue weighted by Crippen LogP contribution is -2.27. The van der Waals surface area contributed by atoms with Gasteiger partial charge in [0.15, 0.2) is 5.82 Å². The molecule has 4 nitrogen and oxygen atoms in total. The number of hydrogen-bond donors (Lipinski definition) is 0. The van der Waals surface area contributed by atoms with Crippen LogP contribution in [0.2, 0.25) is 0 Å². The third kappa shape index (κ3) is 2.79. The molecule has 0 amide bonds. The van der Waals surface area contributed by atoms with Gasteiger partial charge in [-0.1, -0.05) is 20.8 Å². The van der Waals surface area contributed by atoms with Crippen molar-refractivity contribution in [3.63, 3.8) is 0 Å². The summed E-state index contributed by atoms with van der Waals surface area (Å²) in [4.78, 5) is 0. The molecule has 0 atom stereocenters. The van der Waals surface area contributed by atoms with Gasteiger partial charge in [-0.15, -0.1) is 5.10 Å². The maximum atomic E-state index is 4.07. The average molecular weight is 196 g/mol. The van der Waals surface area contributed by atoms with E-state index < -0.39 is 0 Å². The first-order valence-corrected chi connectivity index (χ1v) is 4.98. The summed E-state index contributed by atoms with van der Waals surface area (Å²) in [5.74, 6) is 0.963. The van der Waals surface area contributed by atoms with Crippen molar-refractivity contribution < 1.29 is 0 Å². The first kappa shape index (κ1) is 11.1. The molecular weight excluding hydrogens is 176 g/mol. The van der Waals surface area contributed by atoms with Crippen molar-refractivity contribution >= 4 is 0 Å². The van der Waals surface area contributed by atoms with Gasteiger partial charge in [0.25, 0.3) is 0 Å². The number of nitrogens with zero attached hydrogens (tertiary/aromatic N) is 4. The minimum absolute atomic E-state index is 0.0376. The fourth-order valence-electron chi connectivity index (χ4n) is 1.31. The molecule has 0 saturated carbocycles. The quantitative estimate of drug-likeness (QED) is 0.690. The number of hydrogen-bond acceptors (Lipinski definition) is 3. The van der Waals surface area contributed by atoms with Crippen LogP contribution >= 0.6 is 0 Å². The first-order chi connectivity index (χ1) is 6.20. The molecule has 0 aliphatic carbocycles. The van der Waals surface area contributed by atoms with Crippen LogP contribution in [0, 0.1) is 5.41 Å². The second-order valence-corrected chi connectivity index (χ2v) is 5.92. The zero-order valence-corrected chi connectivity index (χ0v) is 10.00. The molecule has 0 fully saturated rings. The Morgan fingerprint density at radius 1 is 1.07 bits per heavy atom. The van der Waals surface area contributed by atoms with Crippen LogP contribution in [0.25, 0.3) is 0 Å². The van der Waals surface area contributed by atoms with Gasteiger partial charge in [-0.05, 0) is 36.6 Å². The van der Waals surface area contributed by atoms with Gasteiger partial charge in [-0.25, -0.2) is 4.68 Å². The summed E-state index contributed by atoms with van der Waals surface area (Å²) >= 11 is 0. The molecule has 0 aromatic carbocycles. The highest BCUT2D eigenvalue weighted by atomic mass is 15.6. The minimum atomic E-state index is -0.0376. The summed E-state index contributed by atoms with van der Waals surface area (Å²) in [7, 11) is 0. The van der Waals surface area contributed by atoms with E-state index in [0.29, 0.717) is 0 Å². The lowest BCUT2D eigenvalue weighted by molar-refractivity contribution is 0.311. The second kappa shape index (κ2) is 3.33. The Hall–Kier alpha value is -0.930. The van der Waals surface area contributed by atoms with Gasteiger partial charge >= 0.3 is 0 Å². The molecule has 1 aromatic rings. The highest BCUT2D eigenvalue weighted by Gasteiger charge is 2.23. The number of rotatable bonds is 1. The lowest BCUT2D eigenvalue weighted by Gasteiger charge is -2.23. The van der Waals surface area contributed by atoms with Crippen molar-refractivity contribution in [3.05, 3.63) is 5.82 Å². The molecule has 0 bridgehead atoms. The van der Waals surface area contributed by atoms with Crippen LogP contribution in [0.15, 0.2) is 0 Å². The van der Waals surface area contributed by atoms with Gasteiger partial charge in [0.1, 0.15) is 0 Å². The second-order valence-electron chi connectivity index (χ2n) is 5.92. The summed E-state index contributed by atoms with van der Waals surface area (Å²) < 4.78 is 1.90. The van der Waals surface area contributed by atoms with E-state index >= 15 is 0 Å². The molecule has 1 aromatic heterocycles. The van der Waals surface area contributed by atoms with E-state index in [2.05, 4.69) is 57.1 Å². The summed E-state index contributed by atoms with van der Waals surface area (Å²) in [6.45, 7) is 12.9. The Morgan fingerprint density at radius 2 is 1.64 bits per heavy atom. The molecule has 1 rings (SSSR count). The van der Waals surface area contributed by atoms with Crippen molar-refractivity contribution in [2.24, 2.45) is 5.41 Å². The van der Waals surface area contributed by atoms with E-state index in [1.54, 1.807) is 0 Å². The van der Waals surface area contributed by atoms with E-state index in [1.807, 2.05) is 4.68 Å². The van der Waals surface area contributed by atoms with Crippen LogP contribution in [-0.2, 0) is 12.0 Å². The molecule has 0 aliphatic rings. The predicted octanol–water partition coefficient (Wildman–Crippen LogP) is 2.02. The lowest BCUT2D eigenvalue weighted by atomic mass is 9.91. The van der Waals surface area contributed by atoms with Gasteiger partial charge in [0.05, 0.1) is 5.54 Å². The molecule has 80 valence electrons. The molecule has 4 heteroatoms. The van der Waals surface area contributed by atoms with Gasteiger partial charge < -0.3 is 0 Å². The van der Waals surface area contributed by atoms with E-state index in [1.165, 1.54) is 0 Å². The van der Waals surface area contributed by atoms with Crippen molar-refractivity contribution in [2.75, 3.05) is 0 Å². The largest absolute Gasteiger partial charge is 0.224 e. The van der Waals surface area contributed by atoms with Crippen LogP contribution in [0.5, 0.6) is 0 Å². The zero-order chi connectivity index (χ0) is 11.0. The molecule has 1 heterocycles. The van der Waals surface area contributed by atoms with Crippen LogP contribution < -0.4 is 0 Å². The maximum absolute atomic E-state index is 4.07. The minimum Gasteiger partial charge on any atom is -0.224 e. The molecule has 0 unspecified atom stereocenters. The third-order valence-corrected chi connectivity index (χ3v) is 1.86. The van der Waals surface area contributed by atoms with Crippen LogP contribution in [0.4, 0.5) is 0 Å². The van der Waals surface area contributed by atoms with Crippen LogP contribution in [-0.4, -0.2) is 20.2 Å². The SMILES string of the molecule is CC(C)(C)Cc1nnnn1C(C)(C)C. The molecule has 14 heavy (non-hydrogen) atoms. The smallest absolute Gasteiger partial charge is 0.152 e.